The van der Waals surface area contributed by atoms with Crippen molar-refractivity contribution in [3.63, 3.8) is 0 Å². The highest BCUT2D eigenvalue weighted by Crippen LogP contribution is 2.20. The Bertz CT molecular complexity index is 545. The topological polar surface area (TPSA) is 12.0 Å². The van der Waals surface area contributed by atoms with E-state index in [1.807, 2.05) is 0 Å². The predicted molar refractivity (Wildman–Crippen MR) is 78.6 cm³/mol. The fourth-order valence-corrected chi connectivity index (χ4v) is 2.66. The molecule has 1 N–H and O–H groups in total. The maximum Gasteiger partial charge on any atom is 0.0253 e. The van der Waals surface area contributed by atoms with E-state index in [0.29, 0.717) is 6.04 Å². The quantitative estimate of drug-likeness (QED) is 0.832. The van der Waals surface area contributed by atoms with Crippen LogP contribution in [0, 0.1) is 0 Å². The lowest BCUT2D eigenvalue weighted by Gasteiger charge is -2.20. The van der Waals surface area contributed by atoms with Gasteiger partial charge in [-0.2, -0.15) is 0 Å². The number of benzene rings is 2. The standard InChI is InChI=1S/C17H19N/c1-2-10-17-14(6-1)7-5-8-15(17)11-12-16-9-3-4-13-18-16/h1-2,5-8,10-12,16,18H,3-4,9,13H2. The van der Waals surface area contributed by atoms with Gasteiger partial charge in [0.05, 0.1) is 0 Å². The zero-order valence-corrected chi connectivity index (χ0v) is 10.6. The Morgan fingerprint density at radius 2 is 1.89 bits per heavy atom. The highest BCUT2D eigenvalue weighted by molar-refractivity contribution is 5.90. The van der Waals surface area contributed by atoms with Crippen molar-refractivity contribution in [3.05, 3.63) is 54.1 Å². The average molecular weight is 237 g/mol. The molecule has 1 saturated heterocycles. The van der Waals surface area contributed by atoms with E-state index in [9.17, 15) is 0 Å². The van der Waals surface area contributed by atoms with Crippen molar-refractivity contribution in [3.8, 4) is 0 Å². The molecular formula is C17H19N. The first-order valence-corrected chi connectivity index (χ1v) is 6.83. The molecule has 1 nitrogen and oxygen atoms in total. The van der Waals surface area contributed by atoms with Gasteiger partial charge in [0.15, 0.2) is 0 Å². The van der Waals surface area contributed by atoms with Gasteiger partial charge in [-0.15, -0.1) is 0 Å². The summed E-state index contributed by atoms with van der Waals surface area (Å²) in [7, 11) is 0. The van der Waals surface area contributed by atoms with Gasteiger partial charge in [-0.3, -0.25) is 0 Å². The van der Waals surface area contributed by atoms with Gasteiger partial charge in [-0.05, 0) is 35.7 Å². The highest BCUT2D eigenvalue weighted by atomic mass is 14.9. The molecule has 0 radical (unpaired) electrons. The summed E-state index contributed by atoms with van der Waals surface area (Å²) in [5, 5.41) is 6.21. The van der Waals surface area contributed by atoms with E-state index in [-0.39, 0.29) is 0 Å². The predicted octanol–water partition coefficient (Wildman–Crippen LogP) is 4.00. The first-order chi connectivity index (χ1) is 8.93. The second kappa shape index (κ2) is 5.36. The number of piperidine rings is 1. The van der Waals surface area contributed by atoms with Gasteiger partial charge in [0.25, 0.3) is 0 Å². The number of hydrogen-bond donors (Lipinski definition) is 1. The number of hydrogen-bond acceptors (Lipinski definition) is 1. The monoisotopic (exact) mass is 237 g/mol. The first-order valence-electron chi connectivity index (χ1n) is 6.83. The van der Waals surface area contributed by atoms with Crippen LogP contribution in [0.4, 0.5) is 0 Å². The molecule has 0 saturated carbocycles. The molecule has 2 aromatic rings. The van der Waals surface area contributed by atoms with Crippen LogP contribution < -0.4 is 5.32 Å². The SMILES string of the molecule is C(=CC1CCCCN1)c1cccc2ccccc12. The van der Waals surface area contributed by atoms with Crippen LogP contribution in [0.3, 0.4) is 0 Å². The molecule has 0 spiro atoms. The molecule has 0 bridgehead atoms. The van der Waals surface area contributed by atoms with Crippen LogP contribution in [-0.2, 0) is 0 Å². The van der Waals surface area contributed by atoms with E-state index < -0.39 is 0 Å². The van der Waals surface area contributed by atoms with Crippen LogP contribution in [-0.4, -0.2) is 12.6 Å². The molecule has 0 aromatic heterocycles. The van der Waals surface area contributed by atoms with Crippen molar-refractivity contribution in [2.45, 2.75) is 25.3 Å². The largest absolute Gasteiger partial charge is 0.311 e. The molecule has 1 unspecified atom stereocenters. The lowest BCUT2D eigenvalue weighted by atomic mass is 10.0. The molecule has 3 rings (SSSR count). The third kappa shape index (κ3) is 2.46. The molecule has 1 atom stereocenters. The van der Waals surface area contributed by atoms with Gasteiger partial charge in [0, 0.05) is 6.04 Å². The van der Waals surface area contributed by atoms with Gasteiger partial charge >= 0.3 is 0 Å². The lowest BCUT2D eigenvalue weighted by molar-refractivity contribution is 0.455. The van der Waals surface area contributed by atoms with Crippen LogP contribution in [0.2, 0.25) is 0 Å². The van der Waals surface area contributed by atoms with E-state index >= 15 is 0 Å². The van der Waals surface area contributed by atoms with Crippen molar-refractivity contribution in [1.29, 1.82) is 0 Å². The van der Waals surface area contributed by atoms with Gasteiger partial charge in [0.2, 0.25) is 0 Å². The van der Waals surface area contributed by atoms with Crippen molar-refractivity contribution < 1.29 is 0 Å². The van der Waals surface area contributed by atoms with Crippen LogP contribution >= 0.6 is 0 Å². The molecular weight excluding hydrogens is 218 g/mol. The summed E-state index contributed by atoms with van der Waals surface area (Å²) in [6.07, 6.45) is 8.52. The molecule has 18 heavy (non-hydrogen) atoms. The van der Waals surface area contributed by atoms with E-state index in [0.717, 1.165) is 6.54 Å². The van der Waals surface area contributed by atoms with Crippen molar-refractivity contribution in [2.75, 3.05) is 6.54 Å². The Hall–Kier alpha value is -1.60. The minimum atomic E-state index is 0.553. The summed E-state index contributed by atoms with van der Waals surface area (Å²) in [5.41, 5.74) is 1.32. The maximum atomic E-state index is 3.55. The molecule has 92 valence electrons. The summed E-state index contributed by atoms with van der Waals surface area (Å²) in [4.78, 5) is 0. The normalized spacial score (nSPS) is 20.6. The lowest BCUT2D eigenvalue weighted by Crippen LogP contribution is -2.31. The Kier molecular flexibility index (Phi) is 3.42. The van der Waals surface area contributed by atoms with E-state index in [1.54, 1.807) is 0 Å². The van der Waals surface area contributed by atoms with Crippen LogP contribution in [0.1, 0.15) is 24.8 Å². The molecule has 1 fully saturated rings. The minimum absolute atomic E-state index is 0.553. The van der Waals surface area contributed by atoms with Crippen molar-refractivity contribution in [1.82, 2.24) is 5.32 Å². The molecule has 1 aliphatic rings. The summed E-state index contributed by atoms with van der Waals surface area (Å²) in [5.74, 6) is 0. The number of fused-ring (bicyclic) bond motifs is 1. The minimum Gasteiger partial charge on any atom is -0.311 e. The maximum absolute atomic E-state index is 3.55. The van der Waals surface area contributed by atoms with Gasteiger partial charge in [-0.1, -0.05) is 61.0 Å². The van der Waals surface area contributed by atoms with E-state index in [1.165, 1.54) is 35.6 Å². The molecule has 0 amide bonds. The fraction of sp³-hybridized carbons (Fsp3) is 0.294. The molecule has 1 aliphatic heterocycles. The zero-order chi connectivity index (χ0) is 12.2. The second-order valence-corrected chi connectivity index (χ2v) is 4.98. The summed E-state index contributed by atoms with van der Waals surface area (Å²) in [6, 6.07) is 15.6. The summed E-state index contributed by atoms with van der Waals surface area (Å²) < 4.78 is 0. The zero-order valence-electron chi connectivity index (χ0n) is 10.6. The Labute approximate surface area is 109 Å². The highest BCUT2D eigenvalue weighted by Gasteiger charge is 2.08. The Balaban J connectivity index is 1.87. The average Bonchev–Trinajstić information content (AvgIpc) is 2.46. The molecule has 2 aromatic carbocycles. The van der Waals surface area contributed by atoms with Crippen molar-refractivity contribution in [2.24, 2.45) is 0 Å². The second-order valence-electron chi connectivity index (χ2n) is 4.98. The van der Waals surface area contributed by atoms with Gasteiger partial charge < -0.3 is 5.32 Å². The van der Waals surface area contributed by atoms with E-state index in [4.69, 9.17) is 0 Å². The van der Waals surface area contributed by atoms with Crippen LogP contribution in [0.5, 0.6) is 0 Å². The number of rotatable bonds is 2. The van der Waals surface area contributed by atoms with Crippen molar-refractivity contribution >= 4 is 16.8 Å². The third-order valence-corrected chi connectivity index (χ3v) is 3.68. The first kappa shape index (κ1) is 11.5. The third-order valence-electron chi connectivity index (χ3n) is 3.68. The summed E-state index contributed by atoms with van der Waals surface area (Å²) >= 11 is 0. The smallest absolute Gasteiger partial charge is 0.0253 e. The fourth-order valence-electron chi connectivity index (χ4n) is 2.66. The van der Waals surface area contributed by atoms with Crippen LogP contribution in [0.15, 0.2) is 48.5 Å². The Morgan fingerprint density at radius 3 is 2.78 bits per heavy atom. The van der Waals surface area contributed by atoms with Gasteiger partial charge in [0.1, 0.15) is 0 Å². The number of nitrogens with one attached hydrogen (secondary N) is 1. The van der Waals surface area contributed by atoms with E-state index in [2.05, 4.69) is 59.9 Å². The Morgan fingerprint density at radius 1 is 1.00 bits per heavy atom. The molecule has 1 heteroatoms. The van der Waals surface area contributed by atoms with Crippen LogP contribution in [0.25, 0.3) is 16.8 Å². The molecule has 1 heterocycles. The summed E-state index contributed by atoms with van der Waals surface area (Å²) in [6.45, 7) is 1.16. The van der Waals surface area contributed by atoms with Gasteiger partial charge in [-0.25, -0.2) is 0 Å². The molecule has 0 aliphatic carbocycles.